The lowest BCUT2D eigenvalue weighted by Gasteiger charge is -2.41. The van der Waals surface area contributed by atoms with E-state index in [1.165, 1.54) is 12.1 Å². The first-order valence-electron chi connectivity index (χ1n) is 10.9. The number of fused-ring (bicyclic) bond motifs is 2. The molecule has 2 amide bonds. The first kappa shape index (κ1) is 22.3. The Bertz CT molecular complexity index is 1010. The van der Waals surface area contributed by atoms with Crippen LogP contribution in [-0.4, -0.2) is 41.9 Å². The van der Waals surface area contributed by atoms with Crippen molar-refractivity contribution in [3.8, 4) is 5.75 Å². The molecule has 0 aliphatic carbocycles. The largest absolute Gasteiger partial charge is 0.483 e. The number of halogens is 2. The summed E-state index contributed by atoms with van der Waals surface area (Å²) in [6.45, 7) is 0.484. The van der Waals surface area contributed by atoms with E-state index in [-0.39, 0.29) is 47.5 Å². The molecule has 0 radical (unpaired) electrons. The molecular weight excluding hydrogens is 431 g/mol. The molecule has 2 aromatic carbocycles. The number of amides is 2. The number of benzene rings is 2. The fourth-order valence-electron chi connectivity index (χ4n) is 4.43. The molecule has 2 heterocycles. The van der Waals surface area contributed by atoms with E-state index in [1.54, 1.807) is 11.0 Å². The number of carbonyl (C=O) groups is 2. The summed E-state index contributed by atoms with van der Waals surface area (Å²) >= 11 is 6.14. The minimum absolute atomic E-state index is 0.0806. The molecule has 1 N–H and O–H groups in total. The first-order valence-corrected chi connectivity index (χ1v) is 11.3. The molecule has 1 saturated heterocycles. The molecule has 2 atom stereocenters. The van der Waals surface area contributed by atoms with E-state index in [1.807, 2.05) is 30.3 Å². The lowest BCUT2D eigenvalue weighted by Crippen LogP contribution is -2.57. The number of para-hydroxylation sites is 1. The van der Waals surface area contributed by atoms with Crippen LogP contribution >= 0.6 is 11.6 Å². The number of likely N-dealkylation sites (tertiary alicyclic amines) is 1. The molecule has 7 heteroatoms. The number of piperidine rings is 1. The van der Waals surface area contributed by atoms with Crippen molar-refractivity contribution in [3.05, 3.63) is 76.6 Å². The number of ether oxygens (including phenoxy) is 1. The molecule has 4 rings (SSSR count). The average Bonchev–Trinajstić information content (AvgIpc) is 2.78. The molecule has 2 aromatic rings. The van der Waals surface area contributed by atoms with Gasteiger partial charge in [-0.2, -0.15) is 0 Å². The van der Waals surface area contributed by atoms with Gasteiger partial charge >= 0.3 is 0 Å². The summed E-state index contributed by atoms with van der Waals surface area (Å²) in [5.74, 6) is -0.192. The molecule has 32 heavy (non-hydrogen) atoms. The summed E-state index contributed by atoms with van der Waals surface area (Å²) in [5, 5.41) is 3.29. The Labute approximate surface area is 192 Å². The summed E-state index contributed by atoms with van der Waals surface area (Å²) in [6, 6.07) is 11.7. The number of allylic oxidation sites excluding steroid dienone is 1. The third-order valence-electron chi connectivity index (χ3n) is 6.05. The van der Waals surface area contributed by atoms with Gasteiger partial charge < -0.3 is 15.0 Å². The van der Waals surface area contributed by atoms with Crippen LogP contribution in [-0.2, 0) is 22.4 Å². The van der Waals surface area contributed by atoms with Crippen LogP contribution < -0.4 is 10.1 Å². The van der Waals surface area contributed by atoms with E-state index in [9.17, 15) is 14.0 Å². The van der Waals surface area contributed by atoms with Crippen molar-refractivity contribution < 1.29 is 18.7 Å². The van der Waals surface area contributed by atoms with E-state index in [2.05, 4.69) is 11.4 Å². The van der Waals surface area contributed by atoms with Gasteiger partial charge in [0.05, 0.1) is 12.5 Å². The molecular formula is C25H26ClFN2O3. The molecule has 2 aliphatic heterocycles. The van der Waals surface area contributed by atoms with Crippen molar-refractivity contribution >= 4 is 23.4 Å². The molecule has 0 bridgehead atoms. The Balaban J connectivity index is 1.55. The van der Waals surface area contributed by atoms with Gasteiger partial charge in [0.25, 0.3) is 5.91 Å². The second-order valence-electron chi connectivity index (χ2n) is 8.16. The predicted molar refractivity (Wildman–Crippen MR) is 121 cm³/mol. The van der Waals surface area contributed by atoms with Crippen LogP contribution in [0.25, 0.3) is 0 Å². The minimum Gasteiger partial charge on any atom is -0.483 e. The fourth-order valence-corrected chi connectivity index (χ4v) is 4.66. The van der Waals surface area contributed by atoms with Gasteiger partial charge in [-0.1, -0.05) is 48.0 Å². The second kappa shape index (κ2) is 10.2. The lowest BCUT2D eigenvalue weighted by atomic mass is 9.92. The Morgan fingerprint density at radius 1 is 1.19 bits per heavy atom. The highest BCUT2D eigenvalue weighted by Crippen LogP contribution is 2.26. The molecule has 1 fully saturated rings. The molecule has 0 spiro atoms. The third kappa shape index (κ3) is 5.13. The molecule has 5 nitrogen and oxygen atoms in total. The van der Waals surface area contributed by atoms with Crippen LogP contribution in [0.1, 0.15) is 30.4 Å². The van der Waals surface area contributed by atoms with Crippen molar-refractivity contribution in [2.24, 2.45) is 0 Å². The Kier molecular flexibility index (Phi) is 7.10. The molecule has 0 unspecified atom stereocenters. The van der Waals surface area contributed by atoms with Gasteiger partial charge in [-0.25, -0.2) is 4.39 Å². The van der Waals surface area contributed by atoms with E-state index >= 15 is 0 Å². The Hall–Kier alpha value is -2.86. The number of nitrogens with zero attached hydrogens (tertiary/aromatic N) is 1. The zero-order chi connectivity index (χ0) is 22.5. The Morgan fingerprint density at radius 3 is 2.88 bits per heavy atom. The zero-order valence-corrected chi connectivity index (χ0v) is 18.5. The molecule has 168 valence electrons. The standard InChI is InChI=1S/C25H26ClFN2O3/c26-19-9-5-10-20(27)18(19)15-25(31)29-14-6-11-21-22(29)12-3-1-7-17-8-2-4-13-23(17)32-16-24(30)28-21/h1-5,8-10,13,21-22H,6-7,11-12,14-16H2,(H,28,30)/b3-1+/t21-,22-/m1/s1. The normalized spacial score (nSPS) is 22.3. The molecule has 0 aromatic heterocycles. The average molecular weight is 457 g/mol. The van der Waals surface area contributed by atoms with Gasteiger partial charge in [0, 0.05) is 23.2 Å². The molecule has 0 saturated carbocycles. The summed E-state index contributed by atoms with van der Waals surface area (Å²) in [5.41, 5.74) is 1.21. The van der Waals surface area contributed by atoms with Crippen molar-refractivity contribution in [3.63, 3.8) is 0 Å². The first-order chi connectivity index (χ1) is 15.5. The van der Waals surface area contributed by atoms with Gasteiger partial charge in [0.2, 0.25) is 5.91 Å². The van der Waals surface area contributed by atoms with Gasteiger partial charge in [-0.3, -0.25) is 9.59 Å². The Morgan fingerprint density at radius 2 is 2.03 bits per heavy atom. The quantitative estimate of drug-likeness (QED) is 0.693. The minimum atomic E-state index is -0.484. The SMILES string of the molecule is O=C1COc2ccccc2C/C=C/C[C@@H]2[C@@H](CCCN2C(=O)Cc2c(F)cccc2Cl)N1. The summed E-state index contributed by atoms with van der Waals surface area (Å²) < 4.78 is 20.0. The van der Waals surface area contributed by atoms with Crippen molar-refractivity contribution in [1.29, 1.82) is 0 Å². The van der Waals surface area contributed by atoms with Crippen molar-refractivity contribution in [1.82, 2.24) is 10.2 Å². The number of carbonyl (C=O) groups excluding carboxylic acids is 2. The van der Waals surface area contributed by atoms with E-state index in [0.29, 0.717) is 25.1 Å². The van der Waals surface area contributed by atoms with Crippen LogP contribution in [0.2, 0.25) is 5.02 Å². The summed E-state index contributed by atoms with van der Waals surface area (Å²) in [4.78, 5) is 27.5. The number of hydrogen-bond donors (Lipinski definition) is 1. The van der Waals surface area contributed by atoms with Crippen LogP contribution in [0, 0.1) is 5.82 Å². The summed E-state index contributed by atoms with van der Waals surface area (Å²) in [6.07, 6.45) is 6.80. The maximum atomic E-state index is 14.2. The highest BCUT2D eigenvalue weighted by atomic mass is 35.5. The highest BCUT2D eigenvalue weighted by molar-refractivity contribution is 6.31. The van der Waals surface area contributed by atoms with Crippen LogP contribution in [0.15, 0.2) is 54.6 Å². The van der Waals surface area contributed by atoms with Gasteiger partial charge in [-0.15, -0.1) is 0 Å². The van der Waals surface area contributed by atoms with E-state index < -0.39 is 5.82 Å². The monoisotopic (exact) mass is 456 g/mol. The van der Waals surface area contributed by atoms with Gasteiger partial charge in [0.15, 0.2) is 6.61 Å². The topological polar surface area (TPSA) is 58.6 Å². The van der Waals surface area contributed by atoms with Gasteiger partial charge in [0.1, 0.15) is 11.6 Å². The third-order valence-corrected chi connectivity index (χ3v) is 6.40. The van der Waals surface area contributed by atoms with Crippen LogP contribution in [0.5, 0.6) is 5.75 Å². The van der Waals surface area contributed by atoms with Crippen molar-refractivity contribution in [2.75, 3.05) is 13.2 Å². The number of rotatable bonds is 2. The fraction of sp³-hybridized carbons (Fsp3) is 0.360. The number of hydrogen-bond acceptors (Lipinski definition) is 3. The smallest absolute Gasteiger partial charge is 0.258 e. The highest BCUT2D eigenvalue weighted by Gasteiger charge is 2.35. The second-order valence-corrected chi connectivity index (χ2v) is 8.56. The summed E-state index contributed by atoms with van der Waals surface area (Å²) in [7, 11) is 0. The van der Waals surface area contributed by atoms with E-state index in [0.717, 1.165) is 18.4 Å². The maximum Gasteiger partial charge on any atom is 0.258 e. The van der Waals surface area contributed by atoms with E-state index in [4.69, 9.17) is 16.3 Å². The lowest BCUT2D eigenvalue weighted by molar-refractivity contribution is -0.136. The van der Waals surface area contributed by atoms with Crippen LogP contribution in [0.4, 0.5) is 4.39 Å². The maximum absolute atomic E-state index is 14.2. The van der Waals surface area contributed by atoms with Crippen LogP contribution in [0.3, 0.4) is 0 Å². The predicted octanol–water partition coefficient (Wildman–Crippen LogP) is 4.08. The zero-order valence-electron chi connectivity index (χ0n) is 17.7. The number of nitrogens with one attached hydrogen (secondary N) is 1. The molecule has 2 aliphatic rings. The van der Waals surface area contributed by atoms with Crippen molar-refractivity contribution in [2.45, 2.75) is 44.2 Å². The van der Waals surface area contributed by atoms with Gasteiger partial charge in [-0.05, 0) is 49.4 Å².